The van der Waals surface area contributed by atoms with E-state index in [0.717, 1.165) is 18.0 Å². The van der Waals surface area contributed by atoms with Crippen LogP contribution >= 0.6 is 0 Å². The minimum absolute atomic E-state index is 0.534. The van der Waals surface area contributed by atoms with Gasteiger partial charge in [0.2, 0.25) is 0 Å². The molecule has 4 aliphatic rings. The maximum atomic E-state index is 2.68. The van der Waals surface area contributed by atoms with Gasteiger partial charge in [-0.2, -0.15) is 0 Å². The standard InChI is InChI=1S/C9H15N/c1-5-6-7-9(5,10(6)7)8(2,3)4/h5-7H,1-4H3. The Balaban J connectivity index is 1.96. The van der Waals surface area contributed by atoms with Crippen LogP contribution in [0.15, 0.2) is 0 Å². The largest absolute Gasteiger partial charge is 0.284 e. The summed E-state index contributed by atoms with van der Waals surface area (Å²) < 4.78 is 0. The summed E-state index contributed by atoms with van der Waals surface area (Å²) in [4.78, 5) is 2.68. The Morgan fingerprint density at radius 3 is 1.90 bits per heavy atom. The van der Waals surface area contributed by atoms with Gasteiger partial charge in [-0.05, 0) is 11.3 Å². The Hall–Kier alpha value is -0.0400. The summed E-state index contributed by atoms with van der Waals surface area (Å²) >= 11 is 0. The molecule has 0 N–H and O–H groups in total. The molecule has 0 radical (unpaired) electrons. The molecule has 2 bridgehead atoms. The minimum Gasteiger partial charge on any atom is -0.284 e. The van der Waals surface area contributed by atoms with Crippen LogP contribution in [0.4, 0.5) is 0 Å². The molecule has 0 aromatic rings. The van der Waals surface area contributed by atoms with Gasteiger partial charge in [-0.1, -0.05) is 27.7 Å². The third-order valence-electron chi connectivity index (χ3n) is 4.07. The van der Waals surface area contributed by atoms with Crippen LogP contribution < -0.4 is 0 Å². The summed E-state index contributed by atoms with van der Waals surface area (Å²) in [6, 6.07) is 2.06. The molecule has 4 fully saturated rings. The first-order valence-corrected chi connectivity index (χ1v) is 4.31. The van der Waals surface area contributed by atoms with Crippen molar-refractivity contribution in [2.45, 2.75) is 45.3 Å². The van der Waals surface area contributed by atoms with Crippen molar-refractivity contribution in [3.05, 3.63) is 0 Å². The molecule has 0 amide bonds. The van der Waals surface area contributed by atoms with Crippen LogP contribution in [0.3, 0.4) is 0 Å². The van der Waals surface area contributed by atoms with Gasteiger partial charge in [0.15, 0.2) is 0 Å². The smallest absolute Gasteiger partial charge is 0.0477 e. The van der Waals surface area contributed by atoms with E-state index in [1.54, 1.807) is 0 Å². The highest BCUT2D eigenvalue weighted by Crippen LogP contribution is 2.84. The van der Waals surface area contributed by atoms with Crippen molar-refractivity contribution < 1.29 is 0 Å². The molecular formula is C9H15N. The van der Waals surface area contributed by atoms with Crippen molar-refractivity contribution in [2.24, 2.45) is 11.3 Å². The molecule has 10 heavy (non-hydrogen) atoms. The first-order chi connectivity index (χ1) is 4.53. The van der Waals surface area contributed by atoms with Gasteiger partial charge in [0.05, 0.1) is 0 Å². The molecule has 0 spiro atoms. The Kier molecular flexibility index (Phi) is 0.553. The zero-order valence-electron chi connectivity index (χ0n) is 7.18. The lowest BCUT2D eigenvalue weighted by atomic mass is 9.56. The molecule has 3 heterocycles. The Bertz CT molecular complexity index is 203. The first kappa shape index (κ1) is 5.59. The number of hydrogen-bond donors (Lipinski definition) is 0. The molecule has 3 saturated heterocycles. The lowest BCUT2D eigenvalue weighted by molar-refractivity contribution is -0.000702. The predicted octanol–water partition coefficient (Wildman–Crippen LogP) is 1.49. The fraction of sp³-hybridized carbons (Fsp3) is 1.00. The van der Waals surface area contributed by atoms with E-state index in [9.17, 15) is 0 Å². The fourth-order valence-corrected chi connectivity index (χ4v) is 3.62. The summed E-state index contributed by atoms with van der Waals surface area (Å²) in [7, 11) is 0. The van der Waals surface area contributed by atoms with E-state index in [-0.39, 0.29) is 0 Å². The van der Waals surface area contributed by atoms with Crippen LogP contribution in [0.1, 0.15) is 27.7 Å². The van der Waals surface area contributed by atoms with Crippen molar-refractivity contribution in [3.8, 4) is 0 Å². The van der Waals surface area contributed by atoms with Gasteiger partial charge in [0.1, 0.15) is 0 Å². The third-order valence-corrected chi connectivity index (χ3v) is 4.07. The molecule has 5 atom stereocenters. The molecule has 3 aliphatic heterocycles. The zero-order valence-corrected chi connectivity index (χ0v) is 7.18. The summed E-state index contributed by atoms with van der Waals surface area (Å²) in [6.45, 7) is 9.56. The molecule has 1 saturated carbocycles. The summed E-state index contributed by atoms with van der Waals surface area (Å²) in [5.74, 6) is 0.998. The van der Waals surface area contributed by atoms with E-state index in [4.69, 9.17) is 0 Å². The predicted molar refractivity (Wildman–Crippen MR) is 40.8 cm³/mol. The van der Waals surface area contributed by atoms with Gasteiger partial charge in [-0.15, -0.1) is 0 Å². The lowest BCUT2D eigenvalue weighted by Crippen LogP contribution is -2.64. The van der Waals surface area contributed by atoms with Gasteiger partial charge in [-0.25, -0.2) is 0 Å². The second-order valence-corrected chi connectivity index (χ2v) is 5.21. The molecule has 1 heteroatoms. The summed E-state index contributed by atoms with van der Waals surface area (Å²) in [5.41, 5.74) is 1.21. The normalized spacial score (nSPS) is 68.4. The van der Waals surface area contributed by atoms with E-state index in [2.05, 4.69) is 32.6 Å². The minimum atomic E-state index is 0.534. The van der Waals surface area contributed by atoms with E-state index in [0.29, 0.717) is 11.0 Å². The van der Waals surface area contributed by atoms with Crippen molar-refractivity contribution in [1.82, 2.24) is 4.90 Å². The topological polar surface area (TPSA) is 3.01 Å². The third kappa shape index (κ3) is 0.254. The lowest BCUT2D eigenvalue weighted by Gasteiger charge is -2.53. The van der Waals surface area contributed by atoms with Crippen LogP contribution in [0.5, 0.6) is 0 Å². The summed E-state index contributed by atoms with van der Waals surface area (Å²) in [5, 5.41) is 0. The van der Waals surface area contributed by atoms with Crippen LogP contribution in [-0.4, -0.2) is 22.5 Å². The first-order valence-electron chi connectivity index (χ1n) is 4.31. The molecule has 56 valence electrons. The molecule has 0 aromatic carbocycles. The van der Waals surface area contributed by atoms with E-state index in [1.807, 2.05) is 0 Å². The number of hydrogen-bond acceptors (Lipinski definition) is 1. The zero-order chi connectivity index (χ0) is 7.31. The molecule has 5 unspecified atom stereocenters. The van der Waals surface area contributed by atoms with Crippen molar-refractivity contribution >= 4 is 0 Å². The highest BCUT2D eigenvalue weighted by molar-refractivity contribution is 5.53. The van der Waals surface area contributed by atoms with Crippen molar-refractivity contribution in [3.63, 3.8) is 0 Å². The van der Waals surface area contributed by atoms with Crippen molar-refractivity contribution in [1.29, 1.82) is 0 Å². The van der Waals surface area contributed by atoms with E-state index < -0.39 is 0 Å². The molecular weight excluding hydrogens is 122 g/mol. The van der Waals surface area contributed by atoms with Gasteiger partial charge < -0.3 is 0 Å². The van der Waals surface area contributed by atoms with Gasteiger partial charge in [0, 0.05) is 17.6 Å². The molecule has 1 nitrogen and oxygen atoms in total. The summed E-state index contributed by atoms with van der Waals surface area (Å²) in [6.07, 6.45) is 0. The SMILES string of the molecule is CC1C2C3N2C13C(C)(C)C. The Labute approximate surface area is 62.4 Å². The van der Waals surface area contributed by atoms with E-state index in [1.165, 1.54) is 0 Å². The number of rotatable bonds is 0. The monoisotopic (exact) mass is 137 g/mol. The fourth-order valence-electron chi connectivity index (χ4n) is 3.62. The molecule has 1 aliphatic carbocycles. The second kappa shape index (κ2) is 0.989. The van der Waals surface area contributed by atoms with Gasteiger partial charge in [0.25, 0.3) is 0 Å². The quantitative estimate of drug-likeness (QED) is 0.457. The average Bonchev–Trinajstić information content (AvgIpc) is 2.40. The van der Waals surface area contributed by atoms with Crippen LogP contribution in [0, 0.1) is 11.3 Å². The second-order valence-electron chi connectivity index (χ2n) is 5.21. The van der Waals surface area contributed by atoms with Crippen LogP contribution in [0.2, 0.25) is 0 Å². The van der Waals surface area contributed by atoms with Crippen LogP contribution in [0.25, 0.3) is 0 Å². The highest BCUT2D eigenvalue weighted by atomic mass is 15.7. The Morgan fingerprint density at radius 1 is 1.30 bits per heavy atom. The maximum Gasteiger partial charge on any atom is 0.0477 e. The van der Waals surface area contributed by atoms with E-state index >= 15 is 0 Å². The maximum absolute atomic E-state index is 2.68. The van der Waals surface area contributed by atoms with Gasteiger partial charge in [-0.3, -0.25) is 4.90 Å². The van der Waals surface area contributed by atoms with Crippen LogP contribution in [-0.2, 0) is 0 Å². The van der Waals surface area contributed by atoms with Crippen molar-refractivity contribution in [2.75, 3.05) is 0 Å². The molecule has 0 aromatic heterocycles. The van der Waals surface area contributed by atoms with Gasteiger partial charge >= 0.3 is 0 Å². The molecule has 4 rings (SSSR count). The number of nitrogens with zero attached hydrogens (tertiary/aromatic N) is 1. The highest BCUT2D eigenvalue weighted by Gasteiger charge is 2.98. The Morgan fingerprint density at radius 2 is 1.80 bits per heavy atom. The average molecular weight is 137 g/mol.